The number of carbonyl (C=O) groups excluding carboxylic acids is 2. The van der Waals surface area contributed by atoms with Gasteiger partial charge in [0.05, 0.1) is 0 Å². The Hall–Kier alpha value is -1.65. The number of carbonyl (C=O) groups is 2. The second-order valence-corrected chi connectivity index (χ2v) is 1.85. The van der Waals surface area contributed by atoms with E-state index in [1.165, 1.54) is 6.92 Å². The van der Waals surface area contributed by atoms with Crippen LogP contribution in [-0.2, 0) is 4.79 Å². The van der Waals surface area contributed by atoms with Gasteiger partial charge in [-0.25, -0.2) is 4.79 Å². The first kappa shape index (κ1) is 9.35. The predicted molar refractivity (Wildman–Crippen MR) is 41.0 cm³/mol. The molecule has 0 aromatic carbocycles. The van der Waals surface area contributed by atoms with Crippen molar-refractivity contribution in [1.29, 1.82) is 0 Å². The van der Waals surface area contributed by atoms with E-state index in [2.05, 4.69) is 22.6 Å². The number of urea groups is 1. The van der Waals surface area contributed by atoms with Crippen molar-refractivity contribution in [2.75, 3.05) is 0 Å². The normalized spacial score (nSPS) is 9.55. The second kappa shape index (κ2) is 4.21. The molecule has 0 spiro atoms. The quantitative estimate of drug-likeness (QED) is 0.328. The van der Waals surface area contributed by atoms with Crippen molar-refractivity contribution in [3.05, 3.63) is 12.2 Å². The van der Waals surface area contributed by atoms with Crippen molar-refractivity contribution in [3.8, 4) is 0 Å². The predicted octanol–water partition coefficient (Wildman–Crippen LogP) is -0.214. The molecule has 0 aliphatic carbocycles. The molecule has 11 heavy (non-hydrogen) atoms. The van der Waals surface area contributed by atoms with Gasteiger partial charge >= 0.3 is 6.03 Å². The van der Waals surface area contributed by atoms with E-state index < -0.39 is 11.9 Å². The van der Waals surface area contributed by atoms with Crippen molar-refractivity contribution in [3.63, 3.8) is 0 Å². The minimum absolute atomic E-state index is 0.334. The molecule has 5 heteroatoms. The average molecular weight is 155 g/mol. The Bertz CT molecular complexity index is 220. The number of amides is 3. The van der Waals surface area contributed by atoms with Gasteiger partial charge in [0.1, 0.15) is 6.34 Å². The zero-order valence-corrected chi connectivity index (χ0v) is 6.13. The van der Waals surface area contributed by atoms with Gasteiger partial charge in [0.25, 0.3) is 5.91 Å². The minimum Gasteiger partial charge on any atom is -0.350 e. The Morgan fingerprint density at radius 3 is 2.55 bits per heavy atom. The van der Waals surface area contributed by atoms with Gasteiger partial charge in [-0.15, -0.1) is 0 Å². The summed E-state index contributed by atoms with van der Waals surface area (Å²) in [5.74, 6) is -0.394. The number of primary amides is 1. The molecule has 0 radical (unpaired) electrons. The number of nitrogens with zero attached hydrogens (tertiary/aromatic N) is 1. The molecule has 0 atom stereocenters. The second-order valence-electron chi connectivity index (χ2n) is 1.85. The van der Waals surface area contributed by atoms with Gasteiger partial charge in [-0.1, -0.05) is 6.58 Å². The van der Waals surface area contributed by atoms with Gasteiger partial charge in [0.2, 0.25) is 0 Å². The minimum atomic E-state index is -0.855. The fourth-order valence-corrected chi connectivity index (χ4v) is 0.278. The lowest BCUT2D eigenvalue weighted by Gasteiger charge is -1.94. The molecule has 60 valence electrons. The molecule has 0 aliphatic rings. The molecule has 0 aromatic rings. The third kappa shape index (κ3) is 4.83. The Morgan fingerprint density at radius 2 is 2.18 bits per heavy atom. The van der Waals surface area contributed by atoms with Crippen LogP contribution in [-0.4, -0.2) is 18.3 Å². The van der Waals surface area contributed by atoms with E-state index in [-0.39, 0.29) is 0 Å². The lowest BCUT2D eigenvalue weighted by atomic mass is 10.3. The maximum Gasteiger partial charge on any atom is 0.339 e. The molecular formula is C6H9N3O2. The zero-order chi connectivity index (χ0) is 8.85. The summed E-state index contributed by atoms with van der Waals surface area (Å²) in [6.07, 6.45) is 0.930. The number of hydrogen-bond acceptors (Lipinski definition) is 2. The fourth-order valence-electron chi connectivity index (χ4n) is 0.278. The molecule has 0 saturated heterocycles. The molecule has 0 rings (SSSR count). The van der Waals surface area contributed by atoms with E-state index in [4.69, 9.17) is 0 Å². The van der Waals surface area contributed by atoms with Crippen molar-refractivity contribution >= 4 is 18.3 Å². The standard InChI is InChI=1S/C6H9N3O2/c1-4(2)5(10)8-3-9-6(7)11/h3H,1H2,2H3,(H3,7,8,9,10,11). The van der Waals surface area contributed by atoms with Crippen LogP contribution in [0, 0.1) is 0 Å². The first-order chi connectivity index (χ1) is 5.04. The van der Waals surface area contributed by atoms with Gasteiger partial charge in [-0.3, -0.25) is 4.79 Å². The highest BCUT2D eigenvalue weighted by Gasteiger charge is 1.96. The highest BCUT2D eigenvalue weighted by molar-refractivity contribution is 6.00. The molecule has 0 aromatic heterocycles. The van der Waals surface area contributed by atoms with Crippen LogP contribution in [0.2, 0.25) is 0 Å². The number of rotatable bonds is 2. The van der Waals surface area contributed by atoms with Crippen LogP contribution in [0.3, 0.4) is 0 Å². The molecule has 3 amide bonds. The number of hydrogen-bond donors (Lipinski definition) is 2. The third-order valence-corrected chi connectivity index (χ3v) is 0.775. The van der Waals surface area contributed by atoms with Crippen molar-refractivity contribution in [2.24, 2.45) is 10.7 Å². The van der Waals surface area contributed by atoms with Gasteiger partial charge in [0, 0.05) is 5.57 Å². The maximum atomic E-state index is 10.7. The van der Waals surface area contributed by atoms with Crippen LogP contribution in [0.4, 0.5) is 4.79 Å². The topological polar surface area (TPSA) is 84.6 Å². The van der Waals surface area contributed by atoms with Crippen LogP contribution in [0.15, 0.2) is 17.1 Å². The van der Waals surface area contributed by atoms with E-state index in [0.717, 1.165) is 6.34 Å². The van der Waals surface area contributed by atoms with Crippen molar-refractivity contribution in [2.45, 2.75) is 6.92 Å². The molecule has 5 nitrogen and oxygen atoms in total. The first-order valence-electron chi connectivity index (χ1n) is 2.82. The molecule has 3 N–H and O–H groups in total. The number of nitrogens with one attached hydrogen (secondary N) is 1. The fraction of sp³-hybridized carbons (Fsp3) is 0.167. The highest BCUT2D eigenvalue weighted by atomic mass is 16.2. The SMILES string of the molecule is C=C(C)C(=O)NC=NC(N)=O. The molecule has 0 aliphatic heterocycles. The molecule has 0 fully saturated rings. The van der Waals surface area contributed by atoms with Crippen molar-refractivity contribution in [1.82, 2.24) is 5.32 Å². The van der Waals surface area contributed by atoms with Gasteiger partial charge in [-0.05, 0) is 6.92 Å². The molecule has 0 unspecified atom stereocenters. The number of nitrogens with two attached hydrogens (primary N) is 1. The Kier molecular flexibility index (Phi) is 3.58. The summed E-state index contributed by atoms with van der Waals surface area (Å²) in [7, 11) is 0. The Labute approximate surface area is 64.0 Å². The smallest absolute Gasteiger partial charge is 0.339 e. The lowest BCUT2D eigenvalue weighted by Crippen LogP contribution is -2.22. The van der Waals surface area contributed by atoms with E-state index in [0.29, 0.717) is 5.57 Å². The monoisotopic (exact) mass is 155 g/mol. The lowest BCUT2D eigenvalue weighted by molar-refractivity contribution is -0.116. The Balaban J connectivity index is 3.80. The number of aliphatic imine (C=N–C) groups is 1. The molecule has 0 bridgehead atoms. The Morgan fingerprint density at radius 1 is 1.64 bits per heavy atom. The highest BCUT2D eigenvalue weighted by Crippen LogP contribution is 1.82. The van der Waals surface area contributed by atoms with Crippen LogP contribution in [0.5, 0.6) is 0 Å². The van der Waals surface area contributed by atoms with Gasteiger partial charge in [-0.2, -0.15) is 4.99 Å². The summed E-state index contributed by atoms with van der Waals surface area (Å²) >= 11 is 0. The summed E-state index contributed by atoms with van der Waals surface area (Å²) < 4.78 is 0. The van der Waals surface area contributed by atoms with E-state index in [9.17, 15) is 9.59 Å². The molecule has 0 heterocycles. The summed E-state index contributed by atoms with van der Waals surface area (Å²) in [6.45, 7) is 4.90. The summed E-state index contributed by atoms with van der Waals surface area (Å²) in [4.78, 5) is 23.8. The van der Waals surface area contributed by atoms with Gasteiger partial charge in [0.15, 0.2) is 0 Å². The third-order valence-electron chi connectivity index (χ3n) is 0.775. The molecule has 0 saturated carbocycles. The van der Waals surface area contributed by atoms with Crippen LogP contribution >= 0.6 is 0 Å². The molecular weight excluding hydrogens is 146 g/mol. The largest absolute Gasteiger partial charge is 0.350 e. The first-order valence-corrected chi connectivity index (χ1v) is 2.82. The maximum absolute atomic E-state index is 10.7. The van der Waals surface area contributed by atoms with E-state index in [1.54, 1.807) is 0 Å². The van der Waals surface area contributed by atoms with Crippen LogP contribution in [0.1, 0.15) is 6.92 Å². The average Bonchev–Trinajstić information content (AvgIpc) is 1.86. The van der Waals surface area contributed by atoms with E-state index in [1.807, 2.05) is 0 Å². The summed E-state index contributed by atoms with van der Waals surface area (Å²) in [5.41, 5.74) is 4.98. The van der Waals surface area contributed by atoms with E-state index >= 15 is 0 Å². The zero-order valence-electron chi connectivity index (χ0n) is 6.13. The van der Waals surface area contributed by atoms with Crippen LogP contribution in [0.25, 0.3) is 0 Å². The van der Waals surface area contributed by atoms with Crippen LogP contribution < -0.4 is 11.1 Å². The van der Waals surface area contributed by atoms with Gasteiger partial charge < -0.3 is 11.1 Å². The van der Waals surface area contributed by atoms with Crippen molar-refractivity contribution < 1.29 is 9.59 Å². The summed E-state index contributed by atoms with van der Waals surface area (Å²) in [6, 6.07) is -0.855. The summed E-state index contributed by atoms with van der Waals surface area (Å²) in [5, 5.41) is 2.18.